The maximum absolute atomic E-state index is 6.43. The third-order valence-electron chi connectivity index (χ3n) is 4.95. The van der Waals surface area contributed by atoms with Gasteiger partial charge in [-0.3, -0.25) is 0 Å². The van der Waals surface area contributed by atoms with E-state index < -0.39 is 0 Å². The summed E-state index contributed by atoms with van der Waals surface area (Å²) in [4.78, 5) is 0. The zero-order valence-electron chi connectivity index (χ0n) is 12.9. The molecule has 1 aromatic rings. The van der Waals surface area contributed by atoms with E-state index in [0.29, 0.717) is 11.5 Å². The van der Waals surface area contributed by atoms with Crippen molar-refractivity contribution in [2.75, 3.05) is 0 Å². The molecule has 1 fully saturated rings. The minimum absolute atomic E-state index is 0.0477. The van der Waals surface area contributed by atoms with Crippen LogP contribution in [0.15, 0.2) is 24.3 Å². The van der Waals surface area contributed by atoms with Crippen LogP contribution >= 0.6 is 0 Å². The first-order chi connectivity index (χ1) is 9.44. The van der Waals surface area contributed by atoms with Gasteiger partial charge in [0.25, 0.3) is 0 Å². The molecular weight excluding hydrogens is 246 g/mol. The van der Waals surface area contributed by atoms with Gasteiger partial charge < -0.3 is 10.5 Å². The highest BCUT2D eigenvalue weighted by Crippen LogP contribution is 2.41. The lowest BCUT2D eigenvalue weighted by atomic mass is 9.71. The number of rotatable bonds is 2. The van der Waals surface area contributed by atoms with Gasteiger partial charge in [0.2, 0.25) is 0 Å². The lowest BCUT2D eigenvalue weighted by Gasteiger charge is -2.40. The summed E-state index contributed by atoms with van der Waals surface area (Å²) >= 11 is 0. The molecule has 2 nitrogen and oxygen atoms in total. The number of nitrogens with two attached hydrogens (primary N) is 1. The lowest BCUT2D eigenvalue weighted by Crippen LogP contribution is -2.37. The van der Waals surface area contributed by atoms with E-state index in [4.69, 9.17) is 10.5 Å². The second-order valence-corrected chi connectivity index (χ2v) is 7.64. The summed E-state index contributed by atoms with van der Waals surface area (Å²) in [7, 11) is 0. The molecule has 1 saturated carbocycles. The topological polar surface area (TPSA) is 35.2 Å². The van der Waals surface area contributed by atoms with E-state index >= 15 is 0 Å². The number of ether oxygens (including phenoxy) is 1. The monoisotopic (exact) mass is 273 g/mol. The van der Waals surface area contributed by atoms with Crippen LogP contribution in [0.1, 0.15) is 57.2 Å². The summed E-state index contributed by atoms with van der Waals surface area (Å²) in [5.74, 6) is 0.753. The van der Waals surface area contributed by atoms with Gasteiger partial charge in [-0.15, -0.1) is 0 Å². The fourth-order valence-electron chi connectivity index (χ4n) is 4.33. The molecular formula is C18H27NO. The molecule has 1 aromatic carbocycles. The van der Waals surface area contributed by atoms with Crippen molar-refractivity contribution in [2.45, 2.75) is 64.7 Å². The maximum Gasteiger partial charge on any atom is 0.0811 e. The fraction of sp³-hybridized carbons (Fsp3) is 0.667. The number of hydrogen-bond acceptors (Lipinski definition) is 2. The quantitative estimate of drug-likeness (QED) is 0.888. The highest BCUT2D eigenvalue weighted by Gasteiger charge is 2.37. The number of hydrogen-bond donors (Lipinski definition) is 1. The van der Waals surface area contributed by atoms with E-state index in [-0.39, 0.29) is 12.1 Å². The minimum Gasteiger partial charge on any atom is -0.373 e. The Balaban J connectivity index is 1.68. The molecule has 0 radical (unpaired) electrons. The first-order valence-corrected chi connectivity index (χ1v) is 7.93. The zero-order chi connectivity index (χ0) is 14.3. The van der Waals surface area contributed by atoms with Crippen LogP contribution in [0, 0.1) is 11.3 Å². The van der Waals surface area contributed by atoms with E-state index in [0.717, 1.165) is 18.8 Å². The normalized spacial score (nSPS) is 35.8. The Hall–Kier alpha value is -0.860. The van der Waals surface area contributed by atoms with Gasteiger partial charge in [0.05, 0.1) is 18.2 Å². The van der Waals surface area contributed by atoms with Crippen molar-refractivity contribution in [1.82, 2.24) is 0 Å². The van der Waals surface area contributed by atoms with Crippen LogP contribution in [-0.4, -0.2) is 12.2 Å². The molecule has 3 rings (SSSR count). The van der Waals surface area contributed by atoms with Gasteiger partial charge in [-0.05, 0) is 41.7 Å². The maximum atomic E-state index is 6.43. The van der Waals surface area contributed by atoms with Crippen molar-refractivity contribution in [1.29, 1.82) is 0 Å². The first-order valence-electron chi connectivity index (χ1n) is 7.93. The Morgan fingerprint density at radius 1 is 1.20 bits per heavy atom. The summed E-state index contributed by atoms with van der Waals surface area (Å²) in [6.45, 7) is 7.07. The standard InChI is InChI=1S/C18H27NO/c1-12-8-14(11-18(2,3)10-12)20-16-9-13-6-4-5-7-15(13)17(16)19/h4-7,12,14,16-17H,8-11,19H2,1-3H3. The van der Waals surface area contributed by atoms with Gasteiger partial charge in [0.1, 0.15) is 0 Å². The number of fused-ring (bicyclic) bond motifs is 1. The van der Waals surface area contributed by atoms with Crippen molar-refractivity contribution in [3.05, 3.63) is 35.4 Å². The van der Waals surface area contributed by atoms with Crippen molar-refractivity contribution < 1.29 is 4.74 Å². The van der Waals surface area contributed by atoms with E-state index in [1.807, 2.05) is 0 Å². The van der Waals surface area contributed by atoms with E-state index in [1.165, 1.54) is 24.0 Å². The largest absolute Gasteiger partial charge is 0.373 e. The SMILES string of the molecule is CC1CC(OC2Cc3ccccc3C2N)CC(C)(C)C1. The van der Waals surface area contributed by atoms with Crippen molar-refractivity contribution in [3.8, 4) is 0 Å². The average molecular weight is 273 g/mol. The van der Waals surface area contributed by atoms with Gasteiger partial charge in [-0.1, -0.05) is 45.0 Å². The van der Waals surface area contributed by atoms with Crippen LogP contribution in [0.2, 0.25) is 0 Å². The number of benzene rings is 1. The van der Waals surface area contributed by atoms with Crippen LogP contribution in [0.4, 0.5) is 0 Å². The van der Waals surface area contributed by atoms with Crippen molar-refractivity contribution >= 4 is 0 Å². The van der Waals surface area contributed by atoms with E-state index in [1.54, 1.807) is 0 Å². The predicted molar refractivity (Wildman–Crippen MR) is 82.5 cm³/mol. The Bertz CT molecular complexity index is 482. The average Bonchev–Trinajstić information content (AvgIpc) is 2.64. The molecule has 4 unspecified atom stereocenters. The minimum atomic E-state index is 0.0477. The van der Waals surface area contributed by atoms with Crippen LogP contribution in [0.5, 0.6) is 0 Å². The Morgan fingerprint density at radius 3 is 2.65 bits per heavy atom. The third kappa shape index (κ3) is 2.77. The summed E-state index contributed by atoms with van der Waals surface area (Å²) in [5, 5.41) is 0. The third-order valence-corrected chi connectivity index (χ3v) is 4.95. The Morgan fingerprint density at radius 2 is 1.95 bits per heavy atom. The molecule has 0 aliphatic heterocycles. The smallest absolute Gasteiger partial charge is 0.0811 e. The molecule has 0 heterocycles. The zero-order valence-corrected chi connectivity index (χ0v) is 12.9. The van der Waals surface area contributed by atoms with Gasteiger partial charge >= 0.3 is 0 Å². The van der Waals surface area contributed by atoms with Crippen molar-refractivity contribution in [3.63, 3.8) is 0 Å². The van der Waals surface area contributed by atoms with Crippen LogP contribution < -0.4 is 5.73 Å². The Labute approximate surface area is 122 Å². The molecule has 2 N–H and O–H groups in total. The summed E-state index contributed by atoms with van der Waals surface area (Å²) < 4.78 is 6.43. The van der Waals surface area contributed by atoms with Gasteiger partial charge in [0, 0.05) is 6.42 Å². The molecule has 0 aromatic heterocycles. The molecule has 0 saturated heterocycles. The molecule has 0 bridgehead atoms. The van der Waals surface area contributed by atoms with Crippen LogP contribution in [0.3, 0.4) is 0 Å². The summed E-state index contributed by atoms with van der Waals surface area (Å²) in [6.07, 6.45) is 5.17. The molecule has 0 amide bonds. The van der Waals surface area contributed by atoms with Gasteiger partial charge in [-0.25, -0.2) is 0 Å². The highest BCUT2D eigenvalue weighted by atomic mass is 16.5. The second-order valence-electron chi connectivity index (χ2n) is 7.64. The highest BCUT2D eigenvalue weighted by molar-refractivity contribution is 5.36. The predicted octanol–water partition coefficient (Wildman–Crippen LogP) is 3.84. The van der Waals surface area contributed by atoms with Crippen molar-refractivity contribution in [2.24, 2.45) is 17.1 Å². The first kappa shape index (κ1) is 14.1. The Kier molecular flexibility index (Phi) is 3.64. The van der Waals surface area contributed by atoms with Crippen LogP contribution in [-0.2, 0) is 11.2 Å². The lowest BCUT2D eigenvalue weighted by molar-refractivity contribution is -0.0696. The van der Waals surface area contributed by atoms with Crippen LogP contribution in [0.25, 0.3) is 0 Å². The molecule has 2 aliphatic carbocycles. The van der Waals surface area contributed by atoms with Gasteiger partial charge in [0.15, 0.2) is 0 Å². The molecule has 110 valence electrons. The van der Waals surface area contributed by atoms with E-state index in [2.05, 4.69) is 45.0 Å². The molecule has 0 spiro atoms. The summed E-state index contributed by atoms with van der Waals surface area (Å²) in [6, 6.07) is 8.56. The molecule has 2 aliphatic rings. The molecule has 20 heavy (non-hydrogen) atoms. The molecule has 2 heteroatoms. The van der Waals surface area contributed by atoms with Gasteiger partial charge in [-0.2, -0.15) is 0 Å². The second kappa shape index (κ2) is 5.16. The molecule has 4 atom stereocenters. The van der Waals surface area contributed by atoms with E-state index in [9.17, 15) is 0 Å². The summed E-state index contributed by atoms with van der Waals surface area (Å²) in [5.41, 5.74) is 9.43. The fourth-order valence-corrected chi connectivity index (χ4v) is 4.33.